The van der Waals surface area contributed by atoms with Crippen LogP contribution in [0.3, 0.4) is 0 Å². The van der Waals surface area contributed by atoms with Gasteiger partial charge in [-0.2, -0.15) is 0 Å². The number of morpholine rings is 1. The van der Waals surface area contributed by atoms with Crippen LogP contribution in [0.2, 0.25) is 5.02 Å². The van der Waals surface area contributed by atoms with Gasteiger partial charge in [0.2, 0.25) is 0 Å². The van der Waals surface area contributed by atoms with Gasteiger partial charge in [0.25, 0.3) is 0 Å². The van der Waals surface area contributed by atoms with Crippen LogP contribution in [0.5, 0.6) is 0 Å². The average molecular weight is 302 g/mol. The maximum Gasteiger partial charge on any atom is 0.103 e. The second kappa shape index (κ2) is 6.18. The summed E-state index contributed by atoms with van der Waals surface area (Å²) < 4.78 is 6.07. The molecule has 0 saturated carbocycles. The molecule has 1 saturated heterocycles. The van der Waals surface area contributed by atoms with Crippen molar-refractivity contribution < 1.29 is 4.74 Å². The van der Waals surface area contributed by atoms with Crippen molar-refractivity contribution in [1.82, 2.24) is 4.90 Å². The molecule has 0 radical (unpaired) electrons. The SMILES string of the molecule is CC1(c2ccc(Cl)cc2)CN(Cc2ccccc2)CCO1. The second-order valence-corrected chi connectivity index (χ2v) is 6.22. The van der Waals surface area contributed by atoms with Crippen molar-refractivity contribution in [3.05, 3.63) is 70.7 Å². The highest BCUT2D eigenvalue weighted by Gasteiger charge is 2.33. The number of halogens is 1. The second-order valence-electron chi connectivity index (χ2n) is 5.78. The molecule has 1 aliphatic heterocycles. The van der Waals surface area contributed by atoms with Crippen LogP contribution in [-0.2, 0) is 16.9 Å². The Bertz CT molecular complexity index is 584. The number of benzene rings is 2. The van der Waals surface area contributed by atoms with Crippen molar-refractivity contribution in [2.75, 3.05) is 19.7 Å². The van der Waals surface area contributed by atoms with E-state index in [9.17, 15) is 0 Å². The number of rotatable bonds is 3. The lowest BCUT2D eigenvalue weighted by Crippen LogP contribution is -2.47. The van der Waals surface area contributed by atoms with Gasteiger partial charge in [-0.05, 0) is 30.2 Å². The fraction of sp³-hybridized carbons (Fsp3) is 0.333. The molecule has 0 spiro atoms. The van der Waals surface area contributed by atoms with Gasteiger partial charge in [-0.15, -0.1) is 0 Å². The zero-order valence-corrected chi connectivity index (χ0v) is 13.0. The summed E-state index contributed by atoms with van der Waals surface area (Å²) in [6, 6.07) is 18.6. The normalized spacial score (nSPS) is 23.1. The molecule has 2 nitrogen and oxygen atoms in total. The van der Waals surface area contributed by atoms with Gasteiger partial charge in [0.15, 0.2) is 0 Å². The lowest BCUT2D eigenvalue weighted by molar-refractivity contribution is -0.105. The molecule has 1 aliphatic rings. The van der Waals surface area contributed by atoms with Gasteiger partial charge in [0.05, 0.1) is 6.61 Å². The summed E-state index contributed by atoms with van der Waals surface area (Å²) in [6.07, 6.45) is 0. The standard InChI is InChI=1S/C18H20ClNO/c1-18(16-7-9-17(19)10-8-16)14-20(11-12-21-18)13-15-5-3-2-4-6-15/h2-10H,11-14H2,1H3. The molecule has 0 aromatic heterocycles. The Morgan fingerprint density at radius 3 is 2.52 bits per heavy atom. The van der Waals surface area contributed by atoms with Gasteiger partial charge in [-0.3, -0.25) is 4.90 Å². The zero-order chi connectivity index (χ0) is 14.7. The van der Waals surface area contributed by atoms with Crippen molar-refractivity contribution in [2.24, 2.45) is 0 Å². The van der Waals surface area contributed by atoms with E-state index in [4.69, 9.17) is 16.3 Å². The topological polar surface area (TPSA) is 12.5 Å². The molecule has 0 N–H and O–H groups in total. The Kier molecular flexibility index (Phi) is 4.29. The van der Waals surface area contributed by atoms with Crippen LogP contribution in [0, 0.1) is 0 Å². The van der Waals surface area contributed by atoms with Gasteiger partial charge < -0.3 is 4.74 Å². The minimum atomic E-state index is -0.266. The lowest BCUT2D eigenvalue weighted by atomic mass is 9.93. The van der Waals surface area contributed by atoms with Crippen LogP contribution in [-0.4, -0.2) is 24.6 Å². The molecule has 0 bridgehead atoms. The first kappa shape index (κ1) is 14.6. The van der Waals surface area contributed by atoms with E-state index in [1.807, 2.05) is 12.1 Å². The third-order valence-corrected chi connectivity index (χ3v) is 4.31. The van der Waals surface area contributed by atoms with Gasteiger partial charge in [-0.1, -0.05) is 54.1 Å². The summed E-state index contributed by atoms with van der Waals surface area (Å²) in [6.45, 7) is 5.74. The minimum Gasteiger partial charge on any atom is -0.368 e. The summed E-state index contributed by atoms with van der Waals surface area (Å²) in [5, 5.41) is 0.763. The smallest absolute Gasteiger partial charge is 0.103 e. The van der Waals surface area contributed by atoms with Crippen molar-refractivity contribution in [2.45, 2.75) is 19.1 Å². The van der Waals surface area contributed by atoms with Crippen LogP contribution in [0.15, 0.2) is 54.6 Å². The van der Waals surface area contributed by atoms with E-state index in [-0.39, 0.29) is 5.60 Å². The van der Waals surface area contributed by atoms with Crippen LogP contribution < -0.4 is 0 Å². The molecule has 110 valence electrons. The summed E-state index contributed by atoms with van der Waals surface area (Å²) >= 11 is 5.98. The summed E-state index contributed by atoms with van der Waals surface area (Å²) in [7, 11) is 0. The fourth-order valence-corrected chi connectivity index (χ4v) is 3.03. The molecule has 3 heteroatoms. The van der Waals surface area contributed by atoms with E-state index >= 15 is 0 Å². The molecule has 2 aromatic rings. The predicted molar refractivity (Wildman–Crippen MR) is 86.5 cm³/mol. The molecule has 21 heavy (non-hydrogen) atoms. The quantitative estimate of drug-likeness (QED) is 0.847. The molecule has 3 rings (SSSR count). The monoisotopic (exact) mass is 301 g/mol. The van der Waals surface area contributed by atoms with Gasteiger partial charge in [0.1, 0.15) is 5.60 Å². The maximum absolute atomic E-state index is 6.07. The predicted octanol–water partition coefficient (Wildman–Crippen LogP) is 4.09. The molecular weight excluding hydrogens is 282 g/mol. The van der Waals surface area contributed by atoms with E-state index < -0.39 is 0 Å². The van der Waals surface area contributed by atoms with Crippen molar-refractivity contribution in [3.63, 3.8) is 0 Å². The summed E-state index contributed by atoms with van der Waals surface area (Å²) in [5.74, 6) is 0. The third-order valence-electron chi connectivity index (χ3n) is 4.06. The van der Waals surface area contributed by atoms with E-state index in [2.05, 4.69) is 54.3 Å². The largest absolute Gasteiger partial charge is 0.368 e. The fourth-order valence-electron chi connectivity index (χ4n) is 2.91. The highest BCUT2D eigenvalue weighted by atomic mass is 35.5. The number of hydrogen-bond acceptors (Lipinski definition) is 2. The van der Waals surface area contributed by atoms with Crippen molar-refractivity contribution in [3.8, 4) is 0 Å². The molecule has 2 aromatic carbocycles. The number of ether oxygens (including phenoxy) is 1. The zero-order valence-electron chi connectivity index (χ0n) is 12.3. The van der Waals surface area contributed by atoms with Gasteiger partial charge >= 0.3 is 0 Å². The highest BCUT2D eigenvalue weighted by molar-refractivity contribution is 6.30. The summed E-state index contributed by atoms with van der Waals surface area (Å²) in [4.78, 5) is 2.45. The molecule has 1 atom stereocenters. The van der Waals surface area contributed by atoms with Crippen molar-refractivity contribution >= 4 is 11.6 Å². The van der Waals surface area contributed by atoms with Crippen LogP contribution in [0.1, 0.15) is 18.1 Å². The number of nitrogens with zero attached hydrogens (tertiary/aromatic N) is 1. The molecule has 1 fully saturated rings. The average Bonchev–Trinajstić information content (AvgIpc) is 2.49. The first-order valence-corrected chi connectivity index (χ1v) is 7.70. The Morgan fingerprint density at radius 2 is 1.81 bits per heavy atom. The Labute approximate surface area is 131 Å². The first-order valence-electron chi connectivity index (χ1n) is 7.32. The van der Waals surface area contributed by atoms with Crippen LogP contribution in [0.4, 0.5) is 0 Å². The molecule has 0 aliphatic carbocycles. The lowest BCUT2D eigenvalue weighted by Gasteiger charge is -2.41. The molecule has 0 amide bonds. The minimum absolute atomic E-state index is 0.266. The van der Waals surface area contributed by atoms with E-state index in [1.54, 1.807) is 0 Å². The van der Waals surface area contributed by atoms with Crippen molar-refractivity contribution in [1.29, 1.82) is 0 Å². The molecular formula is C18H20ClNO. The van der Waals surface area contributed by atoms with E-state index in [1.165, 1.54) is 11.1 Å². The number of hydrogen-bond donors (Lipinski definition) is 0. The van der Waals surface area contributed by atoms with Crippen LogP contribution >= 0.6 is 11.6 Å². The van der Waals surface area contributed by atoms with Gasteiger partial charge in [-0.25, -0.2) is 0 Å². The Morgan fingerprint density at radius 1 is 1.10 bits per heavy atom. The Balaban J connectivity index is 1.74. The third kappa shape index (κ3) is 3.46. The first-order chi connectivity index (χ1) is 10.2. The van der Waals surface area contributed by atoms with Crippen LogP contribution in [0.25, 0.3) is 0 Å². The van der Waals surface area contributed by atoms with Gasteiger partial charge in [0, 0.05) is 24.7 Å². The molecule has 1 heterocycles. The summed E-state index contributed by atoms with van der Waals surface area (Å²) in [5.41, 5.74) is 2.26. The maximum atomic E-state index is 6.07. The Hall–Kier alpha value is -1.35. The van der Waals surface area contributed by atoms with E-state index in [0.29, 0.717) is 0 Å². The molecule has 1 unspecified atom stereocenters. The highest BCUT2D eigenvalue weighted by Crippen LogP contribution is 2.30. The van der Waals surface area contributed by atoms with E-state index in [0.717, 1.165) is 31.3 Å².